The van der Waals surface area contributed by atoms with E-state index < -0.39 is 43.4 Å². The maximum absolute atomic E-state index is 10.1. The number of hydrogen-bond donors (Lipinski definition) is 5. The molecule has 0 aromatic heterocycles. The molecule has 1 aliphatic rings. The second-order valence-corrected chi connectivity index (χ2v) is 5.89. The third-order valence-electron chi connectivity index (χ3n) is 3.70. The average Bonchev–Trinajstić information content (AvgIpc) is 2.54. The molecule has 0 saturated carbocycles. The normalized spacial score (nSPS) is 32.6. The number of ether oxygens (including phenoxy) is 1. The molecule has 8 heteroatoms. The Hall–Kier alpha value is -1.10. The zero-order valence-corrected chi connectivity index (χ0v) is 13.4. The molecule has 5 N–H and O–H groups in total. The van der Waals surface area contributed by atoms with Crippen molar-refractivity contribution in [1.82, 2.24) is 5.06 Å². The Morgan fingerprint density at radius 2 is 2.00 bits per heavy atom. The summed E-state index contributed by atoms with van der Waals surface area (Å²) in [6.07, 6.45) is -7.69. The van der Waals surface area contributed by atoms with Gasteiger partial charge in [0.1, 0.15) is 24.4 Å². The fourth-order valence-corrected chi connectivity index (χ4v) is 2.47. The zero-order valence-electron chi connectivity index (χ0n) is 14.4. The number of hydrogen-bond acceptors (Lipinski definition) is 8. The van der Waals surface area contributed by atoms with Gasteiger partial charge in [-0.25, -0.2) is 0 Å². The molecule has 1 aliphatic heterocycles. The van der Waals surface area contributed by atoms with Crippen LogP contribution in [0.15, 0.2) is 30.3 Å². The Bertz CT molecular complexity index is 545. The molecule has 24 heavy (non-hydrogen) atoms. The average molecular weight is 344 g/mol. The summed E-state index contributed by atoms with van der Waals surface area (Å²) in [5.74, 6) is 0. The maximum atomic E-state index is 10.1. The number of benzene rings is 1. The van der Waals surface area contributed by atoms with Gasteiger partial charge in [0.2, 0.25) is 6.29 Å². The Balaban J connectivity index is 2.09. The first-order valence-electron chi connectivity index (χ1n) is 8.27. The number of aliphatic hydroxyl groups is 5. The first kappa shape index (κ1) is 17.7. The van der Waals surface area contributed by atoms with E-state index in [1.807, 2.05) is 0 Å². The van der Waals surface area contributed by atoms with Crippen molar-refractivity contribution in [2.24, 2.45) is 0 Å². The highest BCUT2D eigenvalue weighted by atomic mass is 16.8. The fraction of sp³-hybridized carbons (Fsp3) is 0.625. The molecular formula is C16H25NO7. The Kier molecular flexibility index (Phi) is 6.52. The third kappa shape index (κ3) is 4.95. The first-order chi connectivity index (χ1) is 11.8. The summed E-state index contributed by atoms with van der Waals surface area (Å²) < 4.78 is 13.0. The van der Waals surface area contributed by atoms with Crippen LogP contribution in [0.3, 0.4) is 0 Å². The molecule has 1 heterocycles. The quantitative estimate of drug-likeness (QED) is 0.383. The summed E-state index contributed by atoms with van der Waals surface area (Å²) in [5.41, 5.74) is 0.748. The van der Waals surface area contributed by atoms with E-state index in [2.05, 4.69) is 0 Å². The van der Waals surface area contributed by atoms with Crippen LogP contribution in [0.5, 0.6) is 0 Å². The lowest BCUT2D eigenvalue weighted by molar-refractivity contribution is -0.366. The lowest BCUT2D eigenvalue weighted by Crippen LogP contribution is -2.60. The van der Waals surface area contributed by atoms with E-state index in [4.69, 9.17) is 10.9 Å². The highest BCUT2D eigenvalue weighted by molar-refractivity contribution is 5.14. The van der Waals surface area contributed by atoms with Crippen molar-refractivity contribution in [3.8, 4) is 0 Å². The molecule has 1 aromatic rings. The van der Waals surface area contributed by atoms with Gasteiger partial charge >= 0.3 is 0 Å². The highest BCUT2D eigenvalue weighted by Gasteiger charge is 2.45. The van der Waals surface area contributed by atoms with E-state index in [1.54, 1.807) is 31.2 Å². The SMILES string of the molecule is [2H]c1cccc(CN(CC(C)O)OC2O[C@H](CO)[C@@H](O)[C@H](O)[C@H]2O)c1. The van der Waals surface area contributed by atoms with Crippen LogP contribution in [-0.2, 0) is 16.1 Å². The molecule has 1 aromatic carbocycles. The summed E-state index contributed by atoms with van der Waals surface area (Å²) in [6, 6.07) is 7.07. The van der Waals surface area contributed by atoms with Crippen LogP contribution in [0.25, 0.3) is 0 Å². The molecule has 2 unspecified atom stereocenters. The van der Waals surface area contributed by atoms with Crippen molar-refractivity contribution in [1.29, 1.82) is 0 Å². The molecule has 2 rings (SSSR count). The summed E-state index contributed by atoms with van der Waals surface area (Å²) in [6.45, 7) is 1.29. The van der Waals surface area contributed by atoms with Gasteiger partial charge in [-0.2, -0.15) is 5.06 Å². The lowest BCUT2D eigenvalue weighted by Gasteiger charge is -2.41. The van der Waals surface area contributed by atoms with E-state index in [-0.39, 0.29) is 13.1 Å². The van der Waals surface area contributed by atoms with Crippen molar-refractivity contribution in [3.63, 3.8) is 0 Å². The number of rotatable bonds is 7. The molecule has 0 aliphatic carbocycles. The van der Waals surface area contributed by atoms with Gasteiger partial charge < -0.3 is 30.3 Å². The van der Waals surface area contributed by atoms with E-state index in [0.29, 0.717) is 6.04 Å². The molecule has 0 bridgehead atoms. The van der Waals surface area contributed by atoms with Crippen molar-refractivity contribution in [2.45, 2.75) is 50.3 Å². The molecule has 136 valence electrons. The van der Waals surface area contributed by atoms with Gasteiger partial charge in [-0.3, -0.25) is 4.84 Å². The van der Waals surface area contributed by atoms with Crippen molar-refractivity contribution >= 4 is 0 Å². The van der Waals surface area contributed by atoms with Gasteiger partial charge in [-0.05, 0) is 12.5 Å². The first-order valence-corrected chi connectivity index (χ1v) is 7.77. The summed E-state index contributed by atoms with van der Waals surface area (Å²) in [4.78, 5) is 5.57. The van der Waals surface area contributed by atoms with Crippen LogP contribution in [0, 0.1) is 0 Å². The fourth-order valence-electron chi connectivity index (χ4n) is 2.47. The molecule has 1 fully saturated rings. The number of nitrogens with zero attached hydrogens (tertiary/aromatic N) is 1. The smallest absolute Gasteiger partial charge is 0.206 e. The van der Waals surface area contributed by atoms with E-state index in [0.717, 1.165) is 5.56 Å². The van der Waals surface area contributed by atoms with Crippen LogP contribution in [0.4, 0.5) is 0 Å². The number of hydroxylamine groups is 2. The molecule has 0 radical (unpaired) electrons. The molecule has 0 spiro atoms. The largest absolute Gasteiger partial charge is 0.394 e. The predicted molar refractivity (Wildman–Crippen MR) is 83.4 cm³/mol. The summed E-state index contributed by atoms with van der Waals surface area (Å²) in [7, 11) is 0. The minimum Gasteiger partial charge on any atom is -0.394 e. The molecule has 6 atom stereocenters. The summed E-state index contributed by atoms with van der Waals surface area (Å²) in [5, 5.41) is 49.9. The highest BCUT2D eigenvalue weighted by Crippen LogP contribution is 2.23. The topological polar surface area (TPSA) is 123 Å². The monoisotopic (exact) mass is 344 g/mol. The molecule has 1 saturated heterocycles. The van der Waals surface area contributed by atoms with Crippen molar-refractivity contribution in [3.05, 3.63) is 35.9 Å². The van der Waals surface area contributed by atoms with Crippen LogP contribution in [0.1, 0.15) is 13.9 Å². The van der Waals surface area contributed by atoms with Gasteiger partial charge in [0.05, 0.1) is 20.6 Å². The Morgan fingerprint density at radius 1 is 1.25 bits per heavy atom. The minimum atomic E-state index is -1.54. The second-order valence-electron chi connectivity index (χ2n) is 5.89. The van der Waals surface area contributed by atoms with Crippen LogP contribution in [-0.4, -0.2) is 80.6 Å². The van der Waals surface area contributed by atoms with Gasteiger partial charge in [-0.1, -0.05) is 30.3 Å². The van der Waals surface area contributed by atoms with Gasteiger partial charge in [0.15, 0.2) is 0 Å². The minimum absolute atomic E-state index is 0.0806. The Morgan fingerprint density at radius 3 is 2.62 bits per heavy atom. The second kappa shape index (κ2) is 8.84. The zero-order chi connectivity index (χ0) is 18.6. The predicted octanol–water partition coefficient (Wildman–Crippen LogP) is -1.40. The number of aliphatic hydroxyl groups excluding tert-OH is 5. The van der Waals surface area contributed by atoms with Crippen LogP contribution in [0.2, 0.25) is 0 Å². The molecular weight excluding hydrogens is 318 g/mol. The third-order valence-corrected chi connectivity index (χ3v) is 3.70. The van der Waals surface area contributed by atoms with Gasteiger partial charge in [0.25, 0.3) is 0 Å². The van der Waals surface area contributed by atoms with Crippen LogP contribution < -0.4 is 0 Å². The van der Waals surface area contributed by atoms with E-state index in [1.165, 1.54) is 5.06 Å². The summed E-state index contributed by atoms with van der Waals surface area (Å²) >= 11 is 0. The van der Waals surface area contributed by atoms with Gasteiger partial charge in [0, 0.05) is 6.54 Å². The standard InChI is InChI=1S/C16H25NO7/c1-10(19)7-17(8-11-5-3-2-4-6-11)24-16-15(22)14(21)13(20)12(9-18)23-16/h2-6,10,12-16,18-22H,7-9H2,1H3/t10?,12-,13-,14+,15-,16?/m1/s1/i3D. The van der Waals surface area contributed by atoms with E-state index >= 15 is 0 Å². The van der Waals surface area contributed by atoms with E-state index in [9.17, 15) is 25.5 Å². The lowest BCUT2D eigenvalue weighted by atomic mass is 9.99. The maximum Gasteiger partial charge on any atom is 0.206 e. The van der Waals surface area contributed by atoms with Gasteiger partial charge in [-0.15, -0.1) is 0 Å². The van der Waals surface area contributed by atoms with Crippen LogP contribution >= 0.6 is 0 Å². The molecule has 8 nitrogen and oxygen atoms in total. The van der Waals surface area contributed by atoms with Crippen molar-refractivity contribution in [2.75, 3.05) is 13.2 Å². The van der Waals surface area contributed by atoms with Crippen molar-refractivity contribution < 1.29 is 36.5 Å². The molecule has 0 amide bonds. The Labute approximate surface area is 141 Å².